The fourth-order valence-corrected chi connectivity index (χ4v) is 2.55. The van der Waals surface area contributed by atoms with Gasteiger partial charge >= 0.3 is 0 Å². The van der Waals surface area contributed by atoms with Gasteiger partial charge in [0.15, 0.2) is 0 Å². The SMILES string of the molecule is COc1ccc(C=NN)cc1CN1CCC(C)CC1. The van der Waals surface area contributed by atoms with Crippen LogP contribution in [0, 0.1) is 5.92 Å². The molecule has 4 heteroatoms. The number of likely N-dealkylation sites (tertiary alicyclic amines) is 1. The van der Waals surface area contributed by atoms with Crippen molar-refractivity contribution in [3.63, 3.8) is 0 Å². The molecule has 1 saturated heterocycles. The number of rotatable bonds is 4. The number of hydrogen-bond donors (Lipinski definition) is 1. The Hall–Kier alpha value is -1.55. The highest BCUT2D eigenvalue weighted by Gasteiger charge is 2.17. The summed E-state index contributed by atoms with van der Waals surface area (Å²) in [7, 11) is 1.72. The van der Waals surface area contributed by atoms with Crippen LogP contribution in [-0.4, -0.2) is 31.3 Å². The molecule has 4 nitrogen and oxygen atoms in total. The second kappa shape index (κ2) is 6.57. The molecule has 0 aromatic heterocycles. The van der Waals surface area contributed by atoms with E-state index in [1.807, 2.05) is 12.1 Å². The number of piperidine rings is 1. The molecule has 0 spiro atoms. The molecule has 19 heavy (non-hydrogen) atoms. The molecule has 0 radical (unpaired) electrons. The molecular formula is C15H23N3O. The Morgan fingerprint density at radius 1 is 1.42 bits per heavy atom. The zero-order valence-electron chi connectivity index (χ0n) is 11.8. The lowest BCUT2D eigenvalue weighted by molar-refractivity contribution is 0.183. The molecule has 1 aromatic rings. The van der Waals surface area contributed by atoms with Gasteiger partial charge in [-0.25, -0.2) is 0 Å². The van der Waals surface area contributed by atoms with Crippen molar-refractivity contribution in [2.75, 3.05) is 20.2 Å². The van der Waals surface area contributed by atoms with Crippen LogP contribution in [0.15, 0.2) is 23.3 Å². The quantitative estimate of drug-likeness (QED) is 0.513. The summed E-state index contributed by atoms with van der Waals surface area (Å²) >= 11 is 0. The third kappa shape index (κ3) is 3.70. The molecule has 0 amide bonds. The molecule has 1 fully saturated rings. The summed E-state index contributed by atoms with van der Waals surface area (Å²) in [6.07, 6.45) is 4.24. The van der Waals surface area contributed by atoms with Gasteiger partial charge in [0.25, 0.3) is 0 Å². The van der Waals surface area contributed by atoms with Crippen molar-refractivity contribution in [2.45, 2.75) is 26.3 Å². The normalized spacial score (nSPS) is 18.0. The summed E-state index contributed by atoms with van der Waals surface area (Å²) in [5, 5.41) is 3.58. The number of nitrogens with two attached hydrogens (primary N) is 1. The van der Waals surface area contributed by atoms with Gasteiger partial charge in [-0.3, -0.25) is 4.90 Å². The largest absolute Gasteiger partial charge is 0.496 e. The number of hydrazone groups is 1. The van der Waals surface area contributed by atoms with Gasteiger partial charge in [-0.15, -0.1) is 0 Å². The second-order valence-corrected chi connectivity index (χ2v) is 5.31. The first-order valence-corrected chi connectivity index (χ1v) is 6.85. The van der Waals surface area contributed by atoms with Crippen molar-refractivity contribution >= 4 is 6.21 Å². The van der Waals surface area contributed by atoms with Gasteiger partial charge in [0, 0.05) is 12.1 Å². The fourth-order valence-electron chi connectivity index (χ4n) is 2.55. The molecular weight excluding hydrogens is 238 g/mol. The summed E-state index contributed by atoms with van der Waals surface area (Å²) in [4.78, 5) is 2.49. The summed E-state index contributed by atoms with van der Waals surface area (Å²) in [5.74, 6) is 7.00. The van der Waals surface area contributed by atoms with Gasteiger partial charge in [-0.05, 0) is 55.6 Å². The van der Waals surface area contributed by atoms with Crippen molar-refractivity contribution in [3.05, 3.63) is 29.3 Å². The number of methoxy groups -OCH3 is 1. The third-order valence-corrected chi connectivity index (χ3v) is 3.80. The first-order chi connectivity index (χ1) is 9.22. The van der Waals surface area contributed by atoms with Crippen LogP contribution in [0.2, 0.25) is 0 Å². The van der Waals surface area contributed by atoms with Gasteiger partial charge in [-0.2, -0.15) is 5.10 Å². The smallest absolute Gasteiger partial charge is 0.123 e. The van der Waals surface area contributed by atoms with Crippen LogP contribution < -0.4 is 10.6 Å². The highest BCUT2D eigenvalue weighted by molar-refractivity contribution is 5.80. The molecule has 1 aliphatic rings. The van der Waals surface area contributed by atoms with Crippen LogP contribution in [0.1, 0.15) is 30.9 Å². The van der Waals surface area contributed by atoms with Crippen LogP contribution in [-0.2, 0) is 6.54 Å². The maximum atomic E-state index is 5.44. The zero-order valence-corrected chi connectivity index (χ0v) is 11.8. The van der Waals surface area contributed by atoms with E-state index in [0.29, 0.717) is 0 Å². The van der Waals surface area contributed by atoms with Crippen molar-refractivity contribution in [2.24, 2.45) is 16.9 Å². The van der Waals surface area contributed by atoms with Gasteiger partial charge < -0.3 is 10.6 Å². The third-order valence-electron chi connectivity index (χ3n) is 3.80. The summed E-state index contributed by atoms with van der Waals surface area (Å²) in [5.41, 5.74) is 2.22. The van der Waals surface area contributed by atoms with E-state index in [0.717, 1.165) is 23.8 Å². The maximum absolute atomic E-state index is 5.44. The highest BCUT2D eigenvalue weighted by Crippen LogP contribution is 2.24. The van der Waals surface area contributed by atoms with E-state index in [9.17, 15) is 0 Å². The minimum Gasteiger partial charge on any atom is -0.496 e. The number of benzene rings is 1. The molecule has 2 N–H and O–H groups in total. The molecule has 0 bridgehead atoms. The maximum Gasteiger partial charge on any atom is 0.123 e. The van der Waals surface area contributed by atoms with Crippen LogP contribution in [0.4, 0.5) is 0 Å². The lowest BCUT2D eigenvalue weighted by Crippen LogP contribution is -2.32. The lowest BCUT2D eigenvalue weighted by atomic mass is 9.98. The van der Waals surface area contributed by atoms with Crippen LogP contribution in [0.3, 0.4) is 0 Å². The van der Waals surface area contributed by atoms with Gasteiger partial charge in [-0.1, -0.05) is 6.92 Å². The molecule has 0 atom stereocenters. The molecule has 0 unspecified atom stereocenters. The Morgan fingerprint density at radius 2 is 2.16 bits per heavy atom. The molecule has 104 valence electrons. The molecule has 0 saturated carbocycles. The topological polar surface area (TPSA) is 50.9 Å². The van der Waals surface area contributed by atoms with Gasteiger partial charge in [0.1, 0.15) is 5.75 Å². The van der Waals surface area contributed by atoms with Crippen molar-refractivity contribution in [3.8, 4) is 5.75 Å². The van der Waals surface area contributed by atoms with E-state index in [4.69, 9.17) is 10.6 Å². The van der Waals surface area contributed by atoms with Gasteiger partial charge in [0.05, 0.1) is 13.3 Å². The molecule has 1 aliphatic heterocycles. The predicted octanol–water partition coefficient (Wildman–Crippen LogP) is 2.22. The zero-order chi connectivity index (χ0) is 13.7. The Balaban J connectivity index is 2.10. The Morgan fingerprint density at radius 3 is 2.79 bits per heavy atom. The van der Waals surface area contributed by atoms with Crippen LogP contribution in [0.5, 0.6) is 5.75 Å². The fraction of sp³-hybridized carbons (Fsp3) is 0.533. The average molecular weight is 261 g/mol. The summed E-state index contributed by atoms with van der Waals surface area (Å²) in [6, 6.07) is 6.06. The van der Waals surface area contributed by atoms with E-state index in [1.54, 1.807) is 13.3 Å². The first-order valence-electron chi connectivity index (χ1n) is 6.85. The number of nitrogens with zero attached hydrogens (tertiary/aromatic N) is 2. The van der Waals surface area contributed by atoms with E-state index in [2.05, 4.69) is 23.0 Å². The average Bonchev–Trinajstić information content (AvgIpc) is 2.42. The van der Waals surface area contributed by atoms with Crippen molar-refractivity contribution < 1.29 is 4.74 Å². The standard InChI is InChI=1S/C15H23N3O/c1-12-5-7-18(8-6-12)11-14-9-13(10-17-16)3-4-15(14)19-2/h3-4,9-10,12H,5-8,11,16H2,1-2H3. The Kier molecular flexibility index (Phi) is 4.80. The van der Waals surface area contributed by atoms with E-state index in [-0.39, 0.29) is 0 Å². The Bertz CT molecular complexity index is 437. The van der Waals surface area contributed by atoms with E-state index < -0.39 is 0 Å². The monoisotopic (exact) mass is 261 g/mol. The van der Waals surface area contributed by atoms with Crippen LogP contribution >= 0.6 is 0 Å². The minimum atomic E-state index is 0.855. The predicted molar refractivity (Wildman–Crippen MR) is 78.5 cm³/mol. The molecule has 0 aliphatic carbocycles. The van der Waals surface area contributed by atoms with E-state index >= 15 is 0 Å². The van der Waals surface area contributed by atoms with Crippen molar-refractivity contribution in [1.29, 1.82) is 0 Å². The number of hydrogen-bond acceptors (Lipinski definition) is 4. The minimum absolute atomic E-state index is 0.855. The van der Waals surface area contributed by atoms with Crippen molar-refractivity contribution in [1.82, 2.24) is 4.90 Å². The lowest BCUT2D eigenvalue weighted by Gasteiger charge is -2.30. The molecule has 2 rings (SSSR count). The molecule has 1 aromatic carbocycles. The first kappa shape index (κ1) is 13.9. The Labute approximate surface area is 115 Å². The van der Waals surface area contributed by atoms with E-state index in [1.165, 1.54) is 31.5 Å². The second-order valence-electron chi connectivity index (χ2n) is 5.31. The molecule has 1 heterocycles. The summed E-state index contributed by atoms with van der Waals surface area (Å²) in [6.45, 7) is 5.59. The van der Waals surface area contributed by atoms with Gasteiger partial charge in [0.2, 0.25) is 0 Å². The highest BCUT2D eigenvalue weighted by atomic mass is 16.5. The number of ether oxygens (including phenoxy) is 1. The van der Waals surface area contributed by atoms with Crippen LogP contribution in [0.25, 0.3) is 0 Å². The summed E-state index contributed by atoms with van der Waals surface area (Å²) < 4.78 is 5.44.